The standard InChI is InChI=1S/CH4NOP/c1-4(2)3/h1-2H2. The van der Waals surface area contributed by atoms with E-state index < -0.39 is 7.58 Å². The Kier molecular flexibility index (Phi) is 1.25. The SMILES string of the molecule is C=P(N)=O. The zero-order chi connectivity index (χ0) is 3.58. The van der Waals surface area contributed by atoms with Crippen LogP contribution in [0.2, 0.25) is 0 Å². The first-order valence-corrected chi connectivity index (χ1v) is 2.27. The van der Waals surface area contributed by atoms with Gasteiger partial charge in [0.25, 0.3) is 0 Å². The Labute approximate surface area is 25.1 Å². The molecule has 0 aliphatic heterocycles. The molecule has 3 heteroatoms. The average Bonchev–Trinajstić information content (AvgIpc) is 0.811. The number of hydrogen-bond acceptors (Lipinski definition) is 1. The van der Waals surface area contributed by atoms with Gasteiger partial charge in [-0.1, -0.05) is 0 Å². The molecule has 0 heterocycles. The first-order chi connectivity index (χ1) is 1.73. The van der Waals surface area contributed by atoms with Gasteiger partial charge in [0.05, 0.1) is 0 Å². The minimum absolute atomic E-state index is 1.62. The van der Waals surface area contributed by atoms with E-state index in [0.29, 0.717) is 0 Å². The van der Waals surface area contributed by atoms with Crippen LogP contribution < -0.4 is 5.50 Å². The van der Waals surface area contributed by atoms with Gasteiger partial charge in [-0.2, -0.15) is 0 Å². The third kappa shape index (κ3) is 341. The smallest absolute Gasteiger partial charge is 0.161 e. The molecule has 24 valence electrons. The number of nitrogens with two attached hydrogens (primary N) is 1. The van der Waals surface area contributed by atoms with Crippen molar-refractivity contribution in [2.45, 2.75) is 0 Å². The summed E-state index contributed by atoms with van der Waals surface area (Å²) in [6.45, 7) is 0. The van der Waals surface area contributed by atoms with Gasteiger partial charge in [0, 0.05) is 0 Å². The Bertz CT molecular complexity index is 56.4. The van der Waals surface area contributed by atoms with Crippen LogP contribution in [0.15, 0.2) is 0 Å². The van der Waals surface area contributed by atoms with Crippen molar-refractivity contribution < 1.29 is 4.57 Å². The molecule has 0 amide bonds. The maximum atomic E-state index is 9.26. The molecule has 0 rings (SSSR count). The fraction of sp³-hybridized carbons (Fsp3) is 0. The van der Waals surface area contributed by atoms with Crippen LogP contribution in [0.4, 0.5) is 0 Å². The van der Waals surface area contributed by atoms with Crippen LogP contribution in [0.5, 0.6) is 0 Å². The van der Waals surface area contributed by atoms with Gasteiger partial charge in [-0.3, -0.25) is 10.1 Å². The first kappa shape index (κ1) is 3.93. The molecule has 1 atom stereocenters. The highest BCUT2D eigenvalue weighted by atomic mass is 31.1. The maximum absolute atomic E-state index is 9.26. The molecule has 2 N–H and O–H groups in total. The second-order valence-electron chi connectivity index (χ2n) is 0.417. The minimum atomic E-state index is -1.62. The molecule has 0 radical (unpaired) electrons. The van der Waals surface area contributed by atoms with E-state index in [4.69, 9.17) is 0 Å². The van der Waals surface area contributed by atoms with Gasteiger partial charge in [0.2, 0.25) is 0 Å². The lowest BCUT2D eigenvalue weighted by Crippen LogP contribution is -1.59. The van der Waals surface area contributed by atoms with E-state index in [1.54, 1.807) is 0 Å². The summed E-state index contributed by atoms with van der Waals surface area (Å²) in [5.74, 6) is 0. The van der Waals surface area contributed by atoms with Crippen molar-refractivity contribution in [1.29, 1.82) is 0 Å². The normalized spacial score (nSPS) is 10.8. The van der Waals surface area contributed by atoms with Gasteiger partial charge in [-0.05, 0) is 6.30 Å². The highest BCUT2D eigenvalue weighted by molar-refractivity contribution is 7.40. The van der Waals surface area contributed by atoms with Crippen LogP contribution in [0.1, 0.15) is 0 Å². The molecule has 0 spiro atoms. The van der Waals surface area contributed by atoms with E-state index in [1.165, 1.54) is 0 Å². The molecule has 4 heavy (non-hydrogen) atoms. The van der Waals surface area contributed by atoms with Crippen LogP contribution in [-0.4, -0.2) is 6.30 Å². The predicted molar refractivity (Wildman–Crippen MR) is 18.9 cm³/mol. The van der Waals surface area contributed by atoms with E-state index in [1.807, 2.05) is 0 Å². The highest BCUT2D eigenvalue weighted by Crippen LogP contribution is 1.74. The van der Waals surface area contributed by atoms with E-state index in [2.05, 4.69) is 11.8 Å². The maximum Gasteiger partial charge on any atom is 0.161 e. The molecular formula is CH4NOP. The molecule has 0 aliphatic carbocycles. The monoisotopic (exact) mass is 77.0 g/mol. The van der Waals surface area contributed by atoms with Gasteiger partial charge in [0.1, 0.15) is 0 Å². The van der Waals surface area contributed by atoms with Crippen LogP contribution in [0, 0.1) is 0 Å². The lowest BCUT2D eigenvalue weighted by Gasteiger charge is -1.45. The highest BCUT2D eigenvalue weighted by Gasteiger charge is 1.41. The van der Waals surface area contributed by atoms with Gasteiger partial charge in [-0.15, -0.1) is 0 Å². The van der Waals surface area contributed by atoms with Crippen molar-refractivity contribution in [3.05, 3.63) is 0 Å². The summed E-state index contributed by atoms with van der Waals surface area (Å²) >= 11 is 0. The van der Waals surface area contributed by atoms with Crippen LogP contribution in [0.3, 0.4) is 0 Å². The van der Waals surface area contributed by atoms with Crippen molar-refractivity contribution in [2.24, 2.45) is 5.50 Å². The van der Waals surface area contributed by atoms with Crippen molar-refractivity contribution in [3.63, 3.8) is 0 Å². The average molecular weight is 77.0 g/mol. The minimum Gasteiger partial charge on any atom is -0.266 e. The van der Waals surface area contributed by atoms with E-state index in [-0.39, 0.29) is 0 Å². The molecule has 0 aliphatic rings. The molecule has 0 aromatic carbocycles. The number of hydrogen-bond donors (Lipinski definition) is 1. The van der Waals surface area contributed by atoms with Crippen LogP contribution >= 0.6 is 7.58 Å². The Morgan fingerprint density at radius 2 is 2.00 bits per heavy atom. The third-order valence-corrected chi connectivity index (χ3v) is 0. The molecule has 0 bridgehead atoms. The molecule has 0 fully saturated rings. The molecule has 0 saturated carbocycles. The summed E-state index contributed by atoms with van der Waals surface area (Å²) in [7, 11) is -1.62. The molecule has 0 aromatic rings. The third-order valence-electron chi connectivity index (χ3n) is 0. The molecule has 2 nitrogen and oxygen atoms in total. The van der Waals surface area contributed by atoms with Gasteiger partial charge in [0.15, 0.2) is 7.58 Å². The van der Waals surface area contributed by atoms with Gasteiger partial charge < -0.3 is 0 Å². The summed E-state index contributed by atoms with van der Waals surface area (Å²) in [4.78, 5) is 0. The second-order valence-corrected chi connectivity index (χ2v) is 1.25. The van der Waals surface area contributed by atoms with E-state index >= 15 is 0 Å². The number of rotatable bonds is 0. The van der Waals surface area contributed by atoms with Gasteiger partial charge >= 0.3 is 0 Å². The van der Waals surface area contributed by atoms with Crippen molar-refractivity contribution in [1.82, 2.24) is 0 Å². The van der Waals surface area contributed by atoms with Gasteiger partial charge in [-0.25, -0.2) is 0 Å². The Morgan fingerprint density at radius 1 is 2.00 bits per heavy atom. The zero-order valence-corrected chi connectivity index (χ0v) is 3.03. The summed E-state index contributed by atoms with van der Waals surface area (Å²) in [6, 6.07) is 0. The second kappa shape index (κ2) is 1.27. The summed E-state index contributed by atoms with van der Waals surface area (Å²) in [6.07, 6.45) is 2.93. The zero-order valence-electron chi connectivity index (χ0n) is 2.14. The summed E-state index contributed by atoms with van der Waals surface area (Å²) in [5, 5.41) is 0. The van der Waals surface area contributed by atoms with Crippen molar-refractivity contribution in [3.8, 4) is 0 Å². The first-order valence-electron chi connectivity index (χ1n) is 0.757. The Morgan fingerprint density at radius 3 is 2.00 bits per heavy atom. The fourth-order valence-electron chi connectivity index (χ4n) is 0. The quantitative estimate of drug-likeness (QED) is 0.417. The Hall–Kier alpha value is -0.0700. The molecule has 0 saturated heterocycles. The fourth-order valence-corrected chi connectivity index (χ4v) is 0. The van der Waals surface area contributed by atoms with Crippen LogP contribution in [0.25, 0.3) is 0 Å². The molecule has 1 unspecified atom stereocenters. The molecular weight excluding hydrogens is 73.0 g/mol. The van der Waals surface area contributed by atoms with E-state index in [9.17, 15) is 4.57 Å². The largest absolute Gasteiger partial charge is 0.266 e. The molecule has 0 aromatic heterocycles. The topological polar surface area (TPSA) is 43.1 Å². The van der Waals surface area contributed by atoms with Crippen molar-refractivity contribution in [2.75, 3.05) is 0 Å². The van der Waals surface area contributed by atoms with E-state index in [0.717, 1.165) is 0 Å². The summed E-state index contributed by atoms with van der Waals surface area (Å²) < 4.78 is 9.26. The predicted octanol–water partition coefficient (Wildman–Crippen LogP) is 0.120. The Balaban J connectivity index is 3.51. The lowest BCUT2D eigenvalue weighted by molar-refractivity contribution is 0.598. The van der Waals surface area contributed by atoms with Crippen LogP contribution in [-0.2, 0) is 4.57 Å². The van der Waals surface area contributed by atoms with Crippen molar-refractivity contribution >= 4 is 13.9 Å². The lowest BCUT2D eigenvalue weighted by atomic mass is 12.0. The summed E-state index contributed by atoms with van der Waals surface area (Å²) in [5.41, 5.74) is 4.51.